The maximum Gasteiger partial charge on any atom is 0.0735 e. The Morgan fingerprint density at radius 2 is 2.36 bits per heavy atom. The highest BCUT2D eigenvalue weighted by Crippen LogP contribution is 2.12. The van der Waals surface area contributed by atoms with Crippen molar-refractivity contribution in [1.82, 2.24) is 4.90 Å². The van der Waals surface area contributed by atoms with Crippen LogP contribution in [0, 0.1) is 0 Å². The number of hydrogen-bond acceptors (Lipinski definition) is 2. The number of methoxy groups -OCH3 is 1. The zero-order valence-corrected chi connectivity index (χ0v) is 7.63. The van der Waals surface area contributed by atoms with Crippen molar-refractivity contribution in [2.24, 2.45) is 0 Å². The molecule has 0 N–H and O–H groups in total. The van der Waals surface area contributed by atoms with Gasteiger partial charge in [0.05, 0.1) is 6.10 Å². The standard InChI is InChI=1S/C9H17NO/c1-8-4-5-10(2)7-9(6-8)11-3/h4,9H,5-7H2,1-3H3. The molecule has 0 bridgehead atoms. The van der Waals surface area contributed by atoms with Crippen molar-refractivity contribution in [2.45, 2.75) is 19.4 Å². The van der Waals surface area contributed by atoms with E-state index in [1.165, 1.54) is 5.57 Å². The summed E-state index contributed by atoms with van der Waals surface area (Å²) >= 11 is 0. The average molecular weight is 155 g/mol. The highest BCUT2D eigenvalue weighted by molar-refractivity contribution is 5.03. The molecule has 64 valence electrons. The molecule has 0 aromatic carbocycles. The molecular formula is C9H17NO. The molecule has 1 aliphatic rings. The lowest BCUT2D eigenvalue weighted by molar-refractivity contribution is 0.0788. The van der Waals surface area contributed by atoms with Crippen LogP contribution in [-0.4, -0.2) is 38.3 Å². The van der Waals surface area contributed by atoms with Crippen LogP contribution in [0.5, 0.6) is 0 Å². The van der Waals surface area contributed by atoms with Gasteiger partial charge in [-0.05, 0) is 20.4 Å². The quantitative estimate of drug-likeness (QED) is 0.529. The van der Waals surface area contributed by atoms with Crippen molar-refractivity contribution in [3.63, 3.8) is 0 Å². The van der Waals surface area contributed by atoms with Crippen LogP contribution in [-0.2, 0) is 4.74 Å². The molecule has 0 aromatic rings. The van der Waals surface area contributed by atoms with Gasteiger partial charge in [-0.2, -0.15) is 0 Å². The lowest BCUT2D eigenvalue weighted by atomic mass is 10.1. The lowest BCUT2D eigenvalue weighted by Gasteiger charge is -2.18. The van der Waals surface area contributed by atoms with Gasteiger partial charge >= 0.3 is 0 Å². The van der Waals surface area contributed by atoms with Crippen LogP contribution in [0.1, 0.15) is 13.3 Å². The van der Waals surface area contributed by atoms with Gasteiger partial charge in [-0.3, -0.25) is 0 Å². The number of ether oxygens (including phenoxy) is 1. The van der Waals surface area contributed by atoms with Gasteiger partial charge < -0.3 is 9.64 Å². The highest BCUT2D eigenvalue weighted by atomic mass is 16.5. The van der Waals surface area contributed by atoms with Crippen LogP contribution in [0.25, 0.3) is 0 Å². The summed E-state index contributed by atoms with van der Waals surface area (Å²) in [6.07, 6.45) is 3.75. The molecule has 0 aliphatic carbocycles. The molecule has 0 amide bonds. The molecule has 1 atom stereocenters. The summed E-state index contributed by atoms with van der Waals surface area (Å²) in [4.78, 5) is 2.28. The van der Waals surface area contributed by atoms with E-state index in [0.717, 1.165) is 19.5 Å². The molecule has 0 fully saturated rings. The summed E-state index contributed by atoms with van der Waals surface area (Å²) in [5.74, 6) is 0. The summed E-state index contributed by atoms with van der Waals surface area (Å²) < 4.78 is 5.33. The molecule has 11 heavy (non-hydrogen) atoms. The minimum Gasteiger partial charge on any atom is -0.380 e. The first-order chi connectivity index (χ1) is 5.22. The Bertz CT molecular complexity index is 154. The van der Waals surface area contributed by atoms with E-state index in [1.54, 1.807) is 7.11 Å². The van der Waals surface area contributed by atoms with Crippen molar-refractivity contribution >= 4 is 0 Å². The van der Waals surface area contributed by atoms with E-state index < -0.39 is 0 Å². The molecule has 1 rings (SSSR count). The first-order valence-electron chi connectivity index (χ1n) is 4.09. The monoisotopic (exact) mass is 155 g/mol. The summed E-state index contributed by atoms with van der Waals surface area (Å²) in [6, 6.07) is 0. The summed E-state index contributed by atoms with van der Waals surface area (Å²) in [5.41, 5.74) is 1.45. The molecular weight excluding hydrogens is 138 g/mol. The van der Waals surface area contributed by atoms with Crippen molar-refractivity contribution in [1.29, 1.82) is 0 Å². The second-order valence-corrected chi connectivity index (χ2v) is 3.33. The molecule has 1 aliphatic heterocycles. The SMILES string of the molecule is COC1CC(C)=CCN(C)C1. The molecule has 0 saturated carbocycles. The average Bonchev–Trinajstić information content (AvgIpc) is 2.13. The van der Waals surface area contributed by atoms with Crippen molar-refractivity contribution < 1.29 is 4.74 Å². The normalized spacial score (nSPS) is 27.9. The molecule has 1 unspecified atom stereocenters. The Labute approximate surface area is 68.8 Å². The summed E-state index contributed by atoms with van der Waals surface area (Å²) in [7, 11) is 3.91. The summed E-state index contributed by atoms with van der Waals surface area (Å²) in [5, 5.41) is 0. The Kier molecular flexibility index (Phi) is 3.09. The number of likely N-dealkylation sites (N-methyl/N-ethyl adjacent to an activating group) is 1. The molecule has 0 spiro atoms. The van der Waals surface area contributed by atoms with Gasteiger partial charge in [0.15, 0.2) is 0 Å². The predicted molar refractivity (Wildman–Crippen MR) is 46.7 cm³/mol. The zero-order chi connectivity index (χ0) is 8.27. The maximum atomic E-state index is 5.33. The molecule has 0 saturated heterocycles. The van der Waals surface area contributed by atoms with E-state index in [4.69, 9.17) is 4.74 Å². The van der Waals surface area contributed by atoms with E-state index in [1.807, 2.05) is 0 Å². The largest absolute Gasteiger partial charge is 0.380 e. The first-order valence-corrected chi connectivity index (χ1v) is 4.09. The van der Waals surface area contributed by atoms with E-state index in [9.17, 15) is 0 Å². The summed E-state index contributed by atoms with van der Waals surface area (Å²) in [6.45, 7) is 4.28. The maximum absolute atomic E-state index is 5.33. The number of rotatable bonds is 1. The fourth-order valence-electron chi connectivity index (χ4n) is 1.40. The lowest BCUT2D eigenvalue weighted by Crippen LogP contribution is -2.28. The second-order valence-electron chi connectivity index (χ2n) is 3.33. The number of nitrogens with zero attached hydrogens (tertiary/aromatic N) is 1. The topological polar surface area (TPSA) is 12.5 Å². The van der Waals surface area contributed by atoms with Crippen LogP contribution >= 0.6 is 0 Å². The van der Waals surface area contributed by atoms with Crippen LogP contribution in [0.2, 0.25) is 0 Å². The van der Waals surface area contributed by atoms with Crippen molar-refractivity contribution in [2.75, 3.05) is 27.2 Å². The predicted octanol–water partition coefficient (Wildman–Crippen LogP) is 1.28. The third kappa shape index (κ3) is 2.64. The van der Waals surface area contributed by atoms with Gasteiger partial charge in [-0.15, -0.1) is 0 Å². The van der Waals surface area contributed by atoms with E-state index in [0.29, 0.717) is 6.10 Å². The van der Waals surface area contributed by atoms with Gasteiger partial charge in [-0.1, -0.05) is 11.6 Å². The third-order valence-electron chi connectivity index (χ3n) is 2.15. The highest BCUT2D eigenvalue weighted by Gasteiger charge is 2.13. The van der Waals surface area contributed by atoms with E-state index >= 15 is 0 Å². The Morgan fingerprint density at radius 3 is 3.00 bits per heavy atom. The van der Waals surface area contributed by atoms with Crippen LogP contribution in [0.3, 0.4) is 0 Å². The van der Waals surface area contributed by atoms with Crippen LogP contribution in [0.4, 0.5) is 0 Å². The second kappa shape index (κ2) is 3.88. The Hall–Kier alpha value is -0.340. The van der Waals surface area contributed by atoms with Gasteiger partial charge in [-0.25, -0.2) is 0 Å². The van der Waals surface area contributed by atoms with E-state index in [-0.39, 0.29) is 0 Å². The Balaban J connectivity index is 2.53. The number of hydrogen-bond donors (Lipinski definition) is 0. The molecule has 0 aromatic heterocycles. The van der Waals surface area contributed by atoms with Crippen LogP contribution < -0.4 is 0 Å². The molecule has 2 heteroatoms. The van der Waals surface area contributed by atoms with Gasteiger partial charge in [0.25, 0.3) is 0 Å². The fourth-order valence-corrected chi connectivity index (χ4v) is 1.40. The van der Waals surface area contributed by atoms with Crippen LogP contribution in [0.15, 0.2) is 11.6 Å². The van der Waals surface area contributed by atoms with Crippen molar-refractivity contribution in [3.8, 4) is 0 Å². The first kappa shape index (κ1) is 8.75. The van der Waals surface area contributed by atoms with E-state index in [2.05, 4.69) is 24.9 Å². The molecule has 0 radical (unpaired) electrons. The minimum atomic E-state index is 0.388. The minimum absolute atomic E-state index is 0.388. The van der Waals surface area contributed by atoms with Gasteiger partial charge in [0.2, 0.25) is 0 Å². The Morgan fingerprint density at radius 1 is 1.64 bits per heavy atom. The van der Waals surface area contributed by atoms with Crippen molar-refractivity contribution in [3.05, 3.63) is 11.6 Å². The van der Waals surface area contributed by atoms with Gasteiger partial charge in [0, 0.05) is 20.2 Å². The molecule has 1 heterocycles. The van der Waals surface area contributed by atoms with Gasteiger partial charge in [0.1, 0.15) is 0 Å². The third-order valence-corrected chi connectivity index (χ3v) is 2.15. The zero-order valence-electron chi connectivity index (χ0n) is 7.63. The smallest absolute Gasteiger partial charge is 0.0735 e. The fraction of sp³-hybridized carbons (Fsp3) is 0.778. The molecule has 2 nitrogen and oxygen atoms in total.